The molecule has 0 spiro atoms. The van der Waals surface area contributed by atoms with Gasteiger partial charge in [-0.25, -0.2) is 0 Å². The van der Waals surface area contributed by atoms with Crippen LogP contribution in [0.3, 0.4) is 0 Å². The molecule has 2 nitrogen and oxygen atoms in total. The van der Waals surface area contributed by atoms with E-state index in [2.05, 4.69) is 6.92 Å². The van der Waals surface area contributed by atoms with Crippen LogP contribution in [0.25, 0.3) is 0 Å². The molecule has 1 aliphatic rings. The van der Waals surface area contributed by atoms with Crippen LogP contribution in [0.5, 0.6) is 5.75 Å². The second-order valence-corrected chi connectivity index (χ2v) is 5.60. The molecule has 0 bridgehead atoms. The number of hydrogen-bond acceptors (Lipinski definition) is 2. The molecule has 1 aliphatic carbocycles. The quantitative estimate of drug-likeness (QED) is 0.846. The highest BCUT2D eigenvalue weighted by Crippen LogP contribution is 2.42. The Morgan fingerprint density at radius 3 is 2.28 bits per heavy atom. The highest BCUT2D eigenvalue weighted by Gasteiger charge is 2.37. The van der Waals surface area contributed by atoms with Gasteiger partial charge in [-0.1, -0.05) is 44.7 Å². The van der Waals surface area contributed by atoms with Crippen molar-refractivity contribution in [2.45, 2.75) is 63.4 Å². The van der Waals surface area contributed by atoms with E-state index in [1.165, 1.54) is 12.0 Å². The lowest BCUT2D eigenvalue weighted by molar-refractivity contribution is -0.0243. The molecule has 0 heterocycles. The summed E-state index contributed by atoms with van der Waals surface area (Å²) in [5.74, 6) is 0.507. The first kappa shape index (κ1) is 13.4. The van der Waals surface area contributed by atoms with Crippen LogP contribution in [0, 0.1) is 0 Å². The highest BCUT2D eigenvalue weighted by molar-refractivity contribution is 5.30. The van der Waals surface area contributed by atoms with Gasteiger partial charge >= 0.3 is 0 Å². The Bertz CT molecular complexity index is 363. The predicted molar refractivity (Wildman–Crippen MR) is 73.8 cm³/mol. The SMILES string of the molecule is CCCC(c1ccc(O)cc1)C1(O)CCCCC1. The summed E-state index contributed by atoms with van der Waals surface area (Å²) in [7, 11) is 0. The Hall–Kier alpha value is -1.02. The molecular formula is C16H24O2. The zero-order valence-electron chi connectivity index (χ0n) is 11.2. The molecule has 0 aromatic heterocycles. The van der Waals surface area contributed by atoms with E-state index in [-0.39, 0.29) is 5.92 Å². The number of hydrogen-bond donors (Lipinski definition) is 2. The number of aromatic hydroxyl groups is 1. The minimum absolute atomic E-state index is 0.211. The van der Waals surface area contributed by atoms with Gasteiger partial charge in [0.2, 0.25) is 0 Å². The molecule has 2 heteroatoms. The van der Waals surface area contributed by atoms with Crippen molar-refractivity contribution in [2.75, 3.05) is 0 Å². The normalized spacial score (nSPS) is 20.6. The summed E-state index contributed by atoms with van der Waals surface area (Å²) in [5, 5.41) is 20.3. The molecule has 1 fully saturated rings. The third kappa shape index (κ3) is 2.86. The average molecular weight is 248 g/mol. The summed E-state index contributed by atoms with van der Waals surface area (Å²) >= 11 is 0. The van der Waals surface area contributed by atoms with Gasteiger partial charge in [0.05, 0.1) is 5.60 Å². The second kappa shape index (κ2) is 5.75. The molecular weight excluding hydrogens is 224 g/mol. The van der Waals surface area contributed by atoms with Crippen LogP contribution in [-0.4, -0.2) is 15.8 Å². The molecule has 2 N–H and O–H groups in total. The maximum Gasteiger partial charge on any atom is 0.115 e. The van der Waals surface area contributed by atoms with Crippen molar-refractivity contribution in [1.29, 1.82) is 0 Å². The molecule has 0 radical (unpaired) electrons. The van der Waals surface area contributed by atoms with E-state index >= 15 is 0 Å². The zero-order chi connectivity index (χ0) is 13.0. The van der Waals surface area contributed by atoms with Crippen LogP contribution >= 0.6 is 0 Å². The van der Waals surface area contributed by atoms with Crippen molar-refractivity contribution in [1.82, 2.24) is 0 Å². The molecule has 0 aliphatic heterocycles. The zero-order valence-corrected chi connectivity index (χ0v) is 11.2. The summed E-state index contributed by atoms with van der Waals surface area (Å²) in [6, 6.07) is 7.37. The van der Waals surface area contributed by atoms with Crippen LogP contribution in [0.15, 0.2) is 24.3 Å². The van der Waals surface area contributed by atoms with Gasteiger partial charge in [0, 0.05) is 5.92 Å². The van der Waals surface area contributed by atoms with Crippen LogP contribution in [0.1, 0.15) is 63.4 Å². The smallest absolute Gasteiger partial charge is 0.115 e. The fraction of sp³-hybridized carbons (Fsp3) is 0.625. The van der Waals surface area contributed by atoms with Gasteiger partial charge in [-0.05, 0) is 37.0 Å². The lowest BCUT2D eigenvalue weighted by atomic mass is 9.71. The molecule has 1 aromatic rings. The number of benzene rings is 1. The molecule has 0 saturated heterocycles. The largest absolute Gasteiger partial charge is 0.508 e. The van der Waals surface area contributed by atoms with Crippen molar-refractivity contribution in [2.24, 2.45) is 0 Å². The number of phenolic OH excluding ortho intramolecular Hbond substituents is 1. The van der Waals surface area contributed by atoms with Crippen molar-refractivity contribution in [3.63, 3.8) is 0 Å². The maximum absolute atomic E-state index is 10.9. The first-order valence-electron chi connectivity index (χ1n) is 7.17. The summed E-state index contributed by atoms with van der Waals surface area (Å²) in [5.41, 5.74) is 0.629. The lowest BCUT2D eigenvalue weighted by Crippen LogP contribution is -2.38. The first-order chi connectivity index (χ1) is 8.65. The van der Waals surface area contributed by atoms with Gasteiger partial charge in [-0.15, -0.1) is 0 Å². The van der Waals surface area contributed by atoms with Gasteiger partial charge in [0.1, 0.15) is 5.75 Å². The molecule has 1 unspecified atom stereocenters. The third-order valence-electron chi connectivity index (χ3n) is 4.24. The third-order valence-corrected chi connectivity index (χ3v) is 4.24. The predicted octanol–water partition coefficient (Wildman–Crippen LogP) is 3.97. The van der Waals surface area contributed by atoms with E-state index in [0.29, 0.717) is 5.75 Å². The van der Waals surface area contributed by atoms with Gasteiger partial charge in [-0.3, -0.25) is 0 Å². The Kier molecular flexibility index (Phi) is 4.28. The van der Waals surface area contributed by atoms with E-state index in [1.807, 2.05) is 12.1 Å². The van der Waals surface area contributed by atoms with Crippen molar-refractivity contribution in [3.05, 3.63) is 29.8 Å². The molecule has 2 rings (SSSR count). The number of rotatable bonds is 4. The summed E-state index contributed by atoms with van der Waals surface area (Å²) in [6.07, 6.45) is 7.44. The molecule has 100 valence electrons. The minimum Gasteiger partial charge on any atom is -0.508 e. The number of aliphatic hydroxyl groups is 1. The first-order valence-corrected chi connectivity index (χ1v) is 7.17. The minimum atomic E-state index is -0.536. The Labute approximate surface area is 110 Å². The van der Waals surface area contributed by atoms with Crippen LogP contribution in [-0.2, 0) is 0 Å². The average Bonchev–Trinajstić information content (AvgIpc) is 2.38. The van der Waals surface area contributed by atoms with Gasteiger partial charge < -0.3 is 10.2 Å². The summed E-state index contributed by atoms with van der Waals surface area (Å²) < 4.78 is 0. The Balaban J connectivity index is 2.23. The topological polar surface area (TPSA) is 40.5 Å². The van der Waals surface area contributed by atoms with Crippen LogP contribution in [0.2, 0.25) is 0 Å². The lowest BCUT2D eigenvalue weighted by Gasteiger charge is -2.39. The fourth-order valence-corrected chi connectivity index (χ4v) is 3.25. The maximum atomic E-state index is 10.9. The van der Waals surface area contributed by atoms with E-state index in [9.17, 15) is 10.2 Å². The Morgan fingerprint density at radius 2 is 1.72 bits per heavy atom. The van der Waals surface area contributed by atoms with E-state index in [4.69, 9.17) is 0 Å². The van der Waals surface area contributed by atoms with E-state index in [1.54, 1.807) is 12.1 Å². The highest BCUT2D eigenvalue weighted by atomic mass is 16.3. The Morgan fingerprint density at radius 1 is 1.11 bits per heavy atom. The molecule has 1 atom stereocenters. The molecule has 1 saturated carbocycles. The summed E-state index contributed by atoms with van der Waals surface area (Å²) in [6.45, 7) is 2.17. The van der Waals surface area contributed by atoms with Crippen LogP contribution < -0.4 is 0 Å². The number of phenols is 1. The van der Waals surface area contributed by atoms with Crippen molar-refractivity contribution in [3.8, 4) is 5.75 Å². The van der Waals surface area contributed by atoms with E-state index < -0.39 is 5.60 Å². The van der Waals surface area contributed by atoms with Gasteiger partial charge in [0.25, 0.3) is 0 Å². The summed E-state index contributed by atoms with van der Waals surface area (Å²) in [4.78, 5) is 0. The van der Waals surface area contributed by atoms with Crippen LogP contribution in [0.4, 0.5) is 0 Å². The molecule has 18 heavy (non-hydrogen) atoms. The molecule has 0 amide bonds. The van der Waals surface area contributed by atoms with Crippen molar-refractivity contribution >= 4 is 0 Å². The monoisotopic (exact) mass is 248 g/mol. The second-order valence-electron chi connectivity index (χ2n) is 5.60. The fourth-order valence-electron chi connectivity index (χ4n) is 3.25. The van der Waals surface area contributed by atoms with E-state index in [0.717, 1.165) is 38.5 Å². The van der Waals surface area contributed by atoms with Gasteiger partial charge in [0.15, 0.2) is 0 Å². The standard InChI is InChI=1S/C16H24O2/c1-2-6-15(13-7-9-14(17)10-8-13)16(18)11-4-3-5-12-16/h7-10,15,17-18H,2-6,11-12H2,1H3. The van der Waals surface area contributed by atoms with Crippen molar-refractivity contribution < 1.29 is 10.2 Å². The molecule has 1 aromatic carbocycles. The van der Waals surface area contributed by atoms with Gasteiger partial charge in [-0.2, -0.15) is 0 Å².